The molecule has 0 aromatic heterocycles. The van der Waals surface area contributed by atoms with Crippen molar-refractivity contribution in [3.05, 3.63) is 82.9 Å². The fraction of sp³-hybridized carbons (Fsp3) is 0.333. The molecule has 270 valence electrons. The predicted molar refractivity (Wildman–Crippen MR) is 194 cm³/mol. The van der Waals surface area contributed by atoms with E-state index in [0.29, 0.717) is 28.3 Å². The number of rotatable bonds is 8. The van der Waals surface area contributed by atoms with Crippen molar-refractivity contribution in [1.29, 1.82) is 0 Å². The monoisotopic (exact) mass is 746 g/mol. The number of imide groups is 2. The van der Waals surface area contributed by atoms with Crippen molar-refractivity contribution < 1.29 is 43.2 Å². The van der Waals surface area contributed by atoms with E-state index in [-0.39, 0.29) is 36.0 Å². The van der Waals surface area contributed by atoms with Crippen molar-refractivity contribution in [3.63, 3.8) is 0 Å². The molecule has 2 aliphatic heterocycles. The molecule has 6 unspecified atom stereocenters. The Hall–Kier alpha value is -5.00. The summed E-state index contributed by atoms with van der Waals surface area (Å²) in [4.78, 5) is 54.3. The summed E-state index contributed by atoms with van der Waals surface area (Å²) >= 11 is 14.6. The molecule has 3 aromatic rings. The van der Waals surface area contributed by atoms with Gasteiger partial charge in [0.2, 0.25) is 17.6 Å². The first-order valence-corrected chi connectivity index (χ1v) is 17.3. The Balaban J connectivity index is 1.25. The maximum atomic E-state index is 14.4. The number of anilines is 1. The van der Waals surface area contributed by atoms with Crippen LogP contribution in [0.15, 0.2) is 66.2 Å². The van der Waals surface area contributed by atoms with Crippen LogP contribution in [0.5, 0.6) is 28.7 Å². The van der Waals surface area contributed by atoms with Crippen LogP contribution in [0, 0.1) is 17.8 Å². The zero-order chi connectivity index (χ0) is 37.3. The third kappa shape index (κ3) is 5.00. The van der Waals surface area contributed by atoms with Crippen molar-refractivity contribution in [1.82, 2.24) is 4.90 Å². The Morgan fingerprint density at radius 3 is 2.06 bits per heavy atom. The number of phenolic OH excluding ortho intramolecular Hbond substituents is 1. The number of amides is 4. The molecule has 11 nitrogen and oxygen atoms in total. The number of aromatic hydroxyl groups is 1. The van der Waals surface area contributed by atoms with Gasteiger partial charge in [0.1, 0.15) is 11.5 Å². The second-order valence-corrected chi connectivity index (χ2v) is 14.6. The molecular weight excluding hydrogens is 711 g/mol. The molecule has 2 heterocycles. The molecule has 3 aromatic carbocycles. The number of phenols is 1. The molecule has 1 saturated carbocycles. The van der Waals surface area contributed by atoms with Gasteiger partial charge in [-0.1, -0.05) is 35.9 Å². The summed E-state index contributed by atoms with van der Waals surface area (Å²) in [6.07, 6.45) is 5.66. The van der Waals surface area contributed by atoms with E-state index in [1.807, 2.05) is 36.4 Å². The van der Waals surface area contributed by atoms with Gasteiger partial charge < -0.3 is 24.1 Å². The molecule has 0 radical (unpaired) electrons. The first-order valence-electron chi connectivity index (χ1n) is 16.6. The van der Waals surface area contributed by atoms with Crippen molar-refractivity contribution >= 4 is 64.7 Å². The molecule has 4 aliphatic rings. The summed E-state index contributed by atoms with van der Waals surface area (Å²) in [7, 11) is 7.23. The number of ether oxygens (including phenoxy) is 4. The molecule has 0 spiro atoms. The van der Waals surface area contributed by atoms with E-state index in [1.165, 1.54) is 38.3 Å². The second kappa shape index (κ2) is 12.9. The van der Waals surface area contributed by atoms with Gasteiger partial charge in [-0.25, -0.2) is 0 Å². The highest BCUT2D eigenvalue weighted by molar-refractivity contribution is 6.53. The summed E-state index contributed by atoms with van der Waals surface area (Å²) < 4.78 is 21.6. The molecule has 2 saturated heterocycles. The zero-order valence-corrected chi connectivity index (χ0v) is 30.5. The van der Waals surface area contributed by atoms with Crippen molar-refractivity contribution in [2.75, 3.05) is 40.4 Å². The smallest absolute Gasteiger partial charge is 0.253 e. The van der Waals surface area contributed by atoms with Gasteiger partial charge in [-0.2, -0.15) is 0 Å². The first-order chi connectivity index (χ1) is 24.8. The minimum absolute atomic E-state index is 0.0514. The summed E-state index contributed by atoms with van der Waals surface area (Å²) in [5, 5.41) is 10.7. The van der Waals surface area contributed by atoms with Gasteiger partial charge in [0.05, 0.1) is 46.0 Å². The number of alkyl halides is 2. The molecule has 3 fully saturated rings. The van der Waals surface area contributed by atoms with Crippen LogP contribution in [0.2, 0.25) is 0 Å². The molecule has 2 aliphatic carbocycles. The summed E-state index contributed by atoms with van der Waals surface area (Å²) in [5.41, 5.74) is 3.03. The Labute approximate surface area is 310 Å². The van der Waals surface area contributed by atoms with Crippen LogP contribution in [-0.2, 0) is 19.2 Å². The predicted octanol–water partition coefficient (Wildman–Crippen LogP) is 5.79. The average Bonchev–Trinajstić information content (AvgIpc) is 3.48. The maximum Gasteiger partial charge on any atom is 0.253 e. The standard InChI is InChI=1S/C39H36Cl2N2O9/c1-42-36(47)38(40)19-27-25(32(39(38,41)37(42)48)22-17-29(51-4)33(44)30(18-22)52-5)13-14-26-31(27)35(46)43(34(26)45)23-10-7-20(8-11-23)6-9-21-16-24(49-2)12-15-28(21)50-3/h6-13,15-18,26-27,31-32,44H,14,19H2,1-5H3. The highest BCUT2D eigenvalue weighted by Gasteiger charge is 2.76. The van der Waals surface area contributed by atoms with Gasteiger partial charge in [0.15, 0.2) is 21.2 Å². The van der Waals surface area contributed by atoms with Gasteiger partial charge >= 0.3 is 0 Å². The SMILES string of the molecule is COc1ccc(OC)c(C=Cc2ccc(N3C(=O)C4CC=C5C(CC6(Cl)C(=O)N(C)C(=O)C6(Cl)C5c5cc(OC)c(O)c(OC)c5)C4C3=O)cc2)c1. The highest BCUT2D eigenvalue weighted by Crippen LogP contribution is 2.66. The van der Waals surface area contributed by atoms with Crippen LogP contribution in [0.3, 0.4) is 0 Å². The summed E-state index contributed by atoms with van der Waals surface area (Å²) in [6, 6.07) is 15.6. The number of likely N-dealkylation sites (tertiary alicyclic amines) is 1. The normalized spacial score (nSPS) is 28.1. The van der Waals surface area contributed by atoms with Crippen LogP contribution >= 0.6 is 23.2 Å². The lowest BCUT2D eigenvalue weighted by molar-refractivity contribution is -0.138. The Morgan fingerprint density at radius 1 is 0.788 bits per heavy atom. The third-order valence-corrected chi connectivity index (χ3v) is 12.3. The van der Waals surface area contributed by atoms with E-state index in [1.54, 1.807) is 38.5 Å². The molecule has 1 N–H and O–H groups in total. The van der Waals surface area contributed by atoms with Crippen LogP contribution < -0.4 is 23.8 Å². The molecule has 7 rings (SSSR count). The van der Waals surface area contributed by atoms with Crippen LogP contribution in [-0.4, -0.2) is 78.9 Å². The van der Waals surface area contributed by atoms with E-state index in [2.05, 4.69) is 0 Å². The number of hydrogen-bond donors (Lipinski definition) is 1. The van der Waals surface area contributed by atoms with Gasteiger partial charge in [-0.3, -0.25) is 29.0 Å². The Bertz CT molecular complexity index is 2060. The minimum Gasteiger partial charge on any atom is -0.502 e. The van der Waals surface area contributed by atoms with Crippen molar-refractivity contribution in [3.8, 4) is 28.7 Å². The lowest BCUT2D eigenvalue weighted by Crippen LogP contribution is -2.60. The number of fused-ring (bicyclic) bond motifs is 4. The Morgan fingerprint density at radius 2 is 1.44 bits per heavy atom. The minimum atomic E-state index is -1.99. The van der Waals surface area contributed by atoms with E-state index >= 15 is 0 Å². The fourth-order valence-corrected chi connectivity index (χ4v) is 9.36. The van der Waals surface area contributed by atoms with E-state index in [9.17, 15) is 24.3 Å². The third-order valence-electron chi connectivity index (χ3n) is 10.9. The number of allylic oxidation sites excluding steroid dienone is 2. The highest BCUT2D eigenvalue weighted by atomic mass is 35.5. The van der Waals surface area contributed by atoms with Crippen molar-refractivity contribution in [2.45, 2.75) is 28.5 Å². The van der Waals surface area contributed by atoms with E-state index in [0.717, 1.165) is 16.0 Å². The second-order valence-electron chi connectivity index (χ2n) is 13.3. The van der Waals surface area contributed by atoms with Gasteiger partial charge in [0.25, 0.3) is 11.8 Å². The fourth-order valence-electron chi connectivity index (χ4n) is 8.34. The lowest BCUT2D eigenvalue weighted by atomic mass is 9.56. The molecule has 6 atom stereocenters. The molecule has 13 heteroatoms. The van der Waals surface area contributed by atoms with Crippen LogP contribution in [0.4, 0.5) is 5.69 Å². The zero-order valence-electron chi connectivity index (χ0n) is 29.0. The van der Waals surface area contributed by atoms with E-state index < -0.39 is 51.1 Å². The van der Waals surface area contributed by atoms with Gasteiger partial charge in [-0.15, -0.1) is 23.2 Å². The molecule has 4 amide bonds. The van der Waals surface area contributed by atoms with Gasteiger partial charge in [0, 0.05) is 18.5 Å². The Kier molecular flexibility index (Phi) is 8.78. The summed E-state index contributed by atoms with van der Waals surface area (Å²) in [5.74, 6) is -4.34. The van der Waals surface area contributed by atoms with Crippen LogP contribution in [0.1, 0.15) is 35.4 Å². The number of benzene rings is 3. The topological polar surface area (TPSA) is 132 Å². The quantitative estimate of drug-likeness (QED) is 0.132. The average molecular weight is 748 g/mol. The molecule has 52 heavy (non-hydrogen) atoms. The first kappa shape index (κ1) is 35.4. The number of methoxy groups -OCH3 is 4. The summed E-state index contributed by atoms with van der Waals surface area (Å²) in [6.45, 7) is 0. The number of hydrogen-bond acceptors (Lipinski definition) is 9. The van der Waals surface area contributed by atoms with Crippen LogP contribution in [0.25, 0.3) is 12.2 Å². The van der Waals surface area contributed by atoms with Crippen molar-refractivity contribution in [2.24, 2.45) is 17.8 Å². The number of nitrogens with zero attached hydrogens (tertiary/aromatic N) is 2. The lowest BCUT2D eigenvalue weighted by Gasteiger charge is -2.50. The number of halogens is 2. The maximum absolute atomic E-state index is 14.4. The van der Waals surface area contributed by atoms with E-state index in [4.69, 9.17) is 42.1 Å². The number of carbonyl (C=O) groups is 4. The van der Waals surface area contributed by atoms with Gasteiger partial charge in [-0.05, 0) is 72.4 Å². The number of carbonyl (C=O) groups excluding carboxylic acids is 4. The molecule has 0 bridgehead atoms. The molecular formula is C39H36Cl2N2O9. The largest absolute Gasteiger partial charge is 0.502 e.